The highest BCUT2D eigenvalue weighted by atomic mass is 16.3. The Hall–Kier alpha value is -2.31. The van der Waals surface area contributed by atoms with Crippen LogP contribution >= 0.6 is 0 Å². The number of carbonyl (C=O) groups excluding carboxylic acids is 3. The van der Waals surface area contributed by atoms with Crippen molar-refractivity contribution in [3.8, 4) is 0 Å². The molecule has 7 heteroatoms. The van der Waals surface area contributed by atoms with Gasteiger partial charge in [0.25, 0.3) is 5.91 Å². The molecule has 2 aliphatic rings. The van der Waals surface area contributed by atoms with E-state index >= 15 is 0 Å². The molecule has 2 heterocycles. The van der Waals surface area contributed by atoms with Crippen LogP contribution in [0, 0.1) is 11.3 Å². The number of amides is 3. The van der Waals surface area contributed by atoms with E-state index in [-0.39, 0.29) is 17.7 Å². The molecule has 0 spiro atoms. The first-order valence-corrected chi connectivity index (χ1v) is 9.34. The summed E-state index contributed by atoms with van der Waals surface area (Å²) in [7, 11) is 0. The van der Waals surface area contributed by atoms with Crippen molar-refractivity contribution < 1.29 is 18.8 Å². The van der Waals surface area contributed by atoms with E-state index in [1.807, 2.05) is 0 Å². The first-order chi connectivity index (χ1) is 12.4. The van der Waals surface area contributed by atoms with E-state index in [0.717, 1.165) is 6.42 Å². The van der Waals surface area contributed by atoms with Crippen LogP contribution in [-0.4, -0.2) is 60.2 Å². The Morgan fingerprint density at radius 1 is 1.15 bits per heavy atom. The monoisotopic (exact) mass is 361 g/mol. The molecule has 1 aliphatic heterocycles. The molecule has 7 nitrogen and oxygen atoms in total. The van der Waals surface area contributed by atoms with E-state index in [2.05, 4.69) is 19.2 Å². The van der Waals surface area contributed by atoms with Gasteiger partial charge in [-0.1, -0.05) is 13.8 Å². The fourth-order valence-electron chi connectivity index (χ4n) is 3.28. The van der Waals surface area contributed by atoms with Crippen LogP contribution in [0.15, 0.2) is 22.8 Å². The molecule has 0 aromatic carbocycles. The van der Waals surface area contributed by atoms with Crippen molar-refractivity contribution in [2.24, 2.45) is 11.3 Å². The molecule has 1 aromatic rings. The van der Waals surface area contributed by atoms with E-state index in [4.69, 9.17) is 4.42 Å². The minimum Gasteiger partial charge on any atom is -0.459 e. The maximum atomic E-state index is 12.9. The molecule has 1 saturated heterocycles. The van der Waals surface area contributed by atoms with Crippen LogP contribution in [0.2, 0.25) is 0 Å². The van der Waals surface area contributed by atoms with Gasteiger partial charge >= 0.3 is 0 Å². The average molecular weight is 361 g/mol. The predicted octanol–water partition coefficient (Wildman–Crippen LogP) is 1.51. The SMILES string of the molecule is CC(C)CCNC(=O)C1(C(=O)N2CCN(C(=O)c3ccco3)CC2)CC1. The first-order valence-electron chi connectivity index (χ1n) is 9.34. The van der Waals surface area contributed by atoms with Crippen LogP contribution in [0.1, 0.15) is 43.7 Å². The number of furan rings is 1. The molecule has 0 atom stereocenters. The van der Waals surface area contributed by atoms with E-state index in [1.165, 1.54) is 6.26 Å². The Kier molecular flexibility index (Phi) is 5.34. The molecular formula is C19H27N3O4. The van der Waals surface area contributed by atoms with Gasteiger partial charge < -0.3 is 19.5 Å². The molecule has 26 heavy (non-hydrogen) atoms. The number of nitrogens with zero attached hydrogens (tertiary/aromatic N) is 2. The highest BCUT2D eigenvalue weighted by Crippen LogP contribution is 2.47. The topological polar surface area (TPSA) is 82.9 Å². The highest BCUT2D eigenvalue weighted by molar-refractivity contribution is 6.08. The van der Waals surface area contributed by atoms with Gasteiger partial charge in [0.1, 0.15) is 5.41 Å². The second kappa shape index (κ2) is 7.51. The van der Waals surface area contributed by atoms with Crippen molar-refractivity contribution in [3.05, 3.63) is 24.2 Å². The maximum absolute atomic E-state index is 12.9. The zero-order valence-corrected chi connectivity index (χ0v) is 15.5. The van der Waals surface area contributed by atoms with Gasteiger partial charge in [0.2, 0.25) is 11.8 Å². The quantitative estimate of drug-likeness (QED) is 0.779. The lowest BCUT2D eigenvalue weighted by Gasteiger charge is -2.36. The summed E-state index contributed by atoms with van der Waals surface area (Å²) in [5.74, 6) is 0.436. The second-order valence-electron chi connectivity index (χ2n) is 7.58. The summed E-state index contributed by atoms with van der Waals surface area (Å²) >= 11 is 0. The van der Waals surface area contributed by atoms with Gasteiger partial charge in [-0.05, 0) is 37.3 Å². The van der Waals surface area contributed by atoms with E-state index < -0.39 is 5.41 Å². The molecule has 3 rings (SSSR count). The van der Waals surface area contributed by atoms with Crippen molar-refractivity contribution in [1.82, 2.24) is 15.1 Å². The second-order valence-corrected chi connectivity index (χ2v) is 7.58. The smallest absolute Gasteiger partial charge is 0.289 e. The van der Waals surface area contributed by atoms with Crippen molar-refractivity contribution >= 4 is 17.7 Å². The van der Waals surface area contributed by atoms with Crippen LogP contribution in [0.4, 0.5) is 0 Å². The Morgan fingerprint density at radius 2 is 1.81 bits per heavy atom. The summed E-state index contributed by atoms with van der Waals surface area (Å²) in [5, 5.41) is 2.92. The molecular weight excluding hydrogens is 334 g/mol. The van der Waals surface area contributed by atoms with Crippen LogP contribution in [0.25, 0.3) is 0 Å². The van der Waals surface area contributed by atoms with Crippen molar-refractivity contribution in [3.63, 3.8) is 0 Å². The summed E-state index contributed by atoms with van der Waals surface area (Å²) in [6, 6.07) is 3.32. The Balaban J connectivity index is 1.52. The lowest BCUT2D eigenvalue weighted by molar-refractivity contribution is -0.145. The normalized spacial score (nSPS) is 18.7. The van der Waals surface area contributed by atoms with Gasteiger partial charge in [-0.25, -0.2) is 0 Å². The third-order valence-electron chi connectivity index (χ3n) is 5.19. The van der Waals surface area contributed by atoms with Gasteiger partial charge in [0.05, 0.1) is 6.26 Å². The van der Waals surface area contributed by atoms with E-state index in [0.29, 0.717) is 57.2 Å². The summed E-state index contributed by atoms with van der Waals surface area (Å²) < 4.78 is 5.15. The number of piperazine rings is 1. The fourth-order valence-corrected chi connectivity index (χ4v) is 3.28. The van der Waals surface area contributed by atoms with Crippen LogP contribution in [0.5, 0.6) is 0 Å². The largest absolute Gasteiger partial charge is 0.459 e. The average Bonchev–Trinajstić information content (AvgIpc) is 3.27. The Labute approximate surface area is 153 Å². The third-order valence-corrected chi connectivity index (χ3v) is 5.19. The minimum atomic E-state index is -0.871. The minimum absolute atomic E-state index is 0.0929. The summed E-state index contributed by atoms with van der Waals surface area (Å²) in [6.45, 7) is 6.63. The molecule has 0 unspecified atom stereocenters. The molecule has 0 radical (unpaired) electrons. The van der Waals surface area contributed by atoms with Gasteiger partial charge in [0.15, 0.2) is 5.76 Å². The molecule has 1 aromatic heterocycles. The molecule has 2 fully saturated rings. The third kappa shape index (κ3) is 3.76. The lowest BCUT2D eigenvalue weighted by Crippen LogP contribution is -2.54. The number of nitrogens with one attached hydrogen (secondary N) is 1. The van der Waals surface area contributed by atoms with Gasteiger partial charge in [-0.15, -0.1) is 0 Å². The van der Waals surface area contributed by atoms with Crippen LogP contribution in [0.3, 0.4) is 0 Å². The van der Waals surface area contributed by atoms with Crippen LogP contribution < -0.4 is 5.32 Å². The summed E-state index contributed by atoms with van der Waals surface area (Å²) in [4.78, 5) is 41.1. The zero-order chi connectivity index (χ0) is 18.7. The maximum Gasteiger partial charge on any atom is 0.289 e. The predicted molar refractivity (Wildman–Crippen MR) is 95.3 cm³/mol. The Morgan fingerprint density at radius 3 is 2.35 bits per heavy atom. The van der Waals surface area contributed by atoms with Gasteiger partial charge in [-0.3, -0.25) is 14.4 Å². The number of hydrogen-bond acceptors (Lipinski definition) is 4. The van der Waals surface area contributed by atoms with E-state index in [9.17, 15) is 14.4 Å². The van der Waals surface area contributed by atoms with Gasteiger partial charge in [0, 0.05) is 32.7 Å². The van der Waals surface area contributed by atoms with Crippen LogP contribution in [-0.2, 0) is 9.59 Å². The standard InChI is InChI=1S/C19H27N3O4/c1-14(2)5-8-20-17(24)19(6-7-19)18(25)22-11-9-21(10-12-22)16(23)15-4-3-13-26-15/h3-4,13-14H,5-12H2,1-2H3,(H,20,24). The van der Waals surface area contributed by atoms with Crippen molar-refractivity contribution in [2.75, 3.05) is 32.7 Å². The summed E-state index contributed by atoms with van der Waals surface area (Å²) in [5.41, 5.74) is -0.871. The highest BCUT2D eigenvalue weighted by Gasteiger charge is 2.58. The van der Waals surface area contributed by atoms with Crippen molar-refractivity contribution in [2.45, 2.75) is 33.1 Å². The number of rotatable bonds is 6. The lowest BCUT2D eigenvalue weighted by atomic mass is 10.0. The molecule has 0 bridgehead atoms. The first kappa shape index (κ1) is 18.5. The number of carbonyl (C=O) groups is 3. The van der Waals surface area contributed by atoms with Crippen molar-refractivity contribution in [1.29, 1.82) is 0 Å². The number of hydrogen-bond donors (Lipinski definition) is 1. The van der Waals surface area contributed by atoms with E-state index in [1.54, 1.807) is 21.9 Å². The molecule has 1 saturated carbocycles. The van der Waals surface area contributed by atoms with Gasteiger partial charge in [-0.2, -0.15) is 0 Å². The Bertz CT molecular complexity index is 656. The molecule has 1 N–H and O–H groups in total. The fraction of sp³-hybridized carbons (Fsp3) is 0.632. The zero-order valence-electron chi connectivity index (χ0n) is 15.5. The molecule has 1 aliphatic carbocycles. The summed E-state index contributed by atoms with van der Waals surface area (Å²) in [6.07, 6.45) is 3.61. The molecule has 3 amide bonds. The molecule has 142 valence electrons.